The van der Waals surface area contributed by atoms with Crippen LogP contribution < -0.4 is 5.32 Å². The van der Waals surface area contributed by atoms with E-state index in [9.17, 15) is 5.11 Å². The van der Waals surface area contributed by atoms with Gasteiger partial charge in [0.05, 0.1) is 12.7 Å². The van der Waals surface area contributed by atoms with Gasteiger partial charge < -0.3 is 20.3 Å². The first-order valence-electron chi connectivity index (χ1n) is 4.87. The summed E-state index contributed by atoms with van der Waals surface area (Å²) in [5.41, 5.74) is 0. The van der Waals surface area contributed by atoms with Crippen LogP contribution in [-0.2, 0) is 4.74 Å². The smallest absolute Gasteiger partial charge is 0.0897 e. The Morgan fingerprint density at radius 3 is 2.86 bits per heavy atom. The Morgan fingerprint density at radius 1 is 1.43 bits per heavy atom. The maximum absolute atomic E-state index is 9.26. The molecule has 0 bridgehead atoms. The van der Waals surface area contributed by atoms with Crippen LogP contribution >= 0.6 is 11.8 Å². The van der Waals surface area contributed by atoms with Crippen molar-refractivity contribution in [2.24, 2.45) is 0 Å². The van der Waals surface area contributed by atoms with Crippen molar-refractivity contribution in [2.75, 3.05) is 44.9 Å². The summed E-state index contributed by atoms with van der Waals surface area (Å²) in [5.74, 6) is 2.01. The number of methoxy groups -OCH3 is 1. The summed E-state index contributed by atoms with van der Waals surface area (Å²) in [6.07, 6.45) is 0.444. The number of hydrogen-bond donors (Lipinski definition) is 3. The van der Waals surface area contributed by atoms with Gasteiger partial charge in [0.2, 0.25) is 0 Å². The van der Waals surface area contributed by atoms with Crippen molar-refractivity contribution in [1.82, 2.24) is 5.32 Å². The van der Waals surface area contributed by atoms with E-state index in [1.54, 1.807) is 7.11 Å². The van der Waals surface area contributed by atoms with Crippen molar-refractivity contribution in [3.8, 4) is 0 Å². The highest BCUT2D eigenvalue weighted by atomic mass is 32.2. The molecule has 0 fully saturated rings. The maximum atomic E-state index is 9.26. The molecular formula is C9H21NO3S. The lowest BCUT2D eigenvalue weighted by atomic mass is 10.4. The van der Waals surface area contributed by atoms with Crippen LogP contribution in [0.25, 0.3) is 0 Å². The van der Waals surface area contributed by atoms with Crippen LogP contribution in [-0.4, -0.2) is 61.2 Å². The van der Waals surface area contributed by atoms with Gasteiger partial charge in [-0.05, 0) is 12.2 Å². The van der Waals surface area contributed by atoms with Crippen LogP contribution in [0.5, 0.6) is 0 Å². The van der Waals surface area contributed by atoms with Crippen molar-refractivity contribution in [1.29, 1.82) is 0 Å². The Morgan fingerprint density at radius 2 is 2.21 bits per heavy atom. The molecule has 86 valence electrons. The molecule has 14 heavy (non-hydrogen) atoms. The molecule has 0 aliphatic carbocycles. The van der Waals surface area contributed by atoms with Crippen LogP contribution in [0, 0.1) is 0 Å². The molecule has 0 aromatic heterocycles. The molecule has 3 N–H and O–H groups in total. The number of hydrogen-bond acceptors (Lipinski definition) is 5. The normalized spacial score (nSPS) is 13.1. The fraction of sp³-hybridized carbons (Fsp3) is 1.00. The highest BCUT2D eigenvalue weighted by molar-refractivity contribution is 7.99. The lowest BCUT2D eigenvalue weighted by Gasteiger charge is -2.10. The van der Waals surface area contributed by atoms with Crippen LogP contribution in [0.2, 0.25) is 0 Å². The third kappa shape index (κ3) is 10.3. The second kappa shape index (κ2) is 11.3. The summed E-state index contributed by atoms with van der Waals surface area (Å²) in [6, 6.07) is 0. The van der Waals surface area contributed by atoms with E-state index in [2.05, 4.69) is 5.32 Å². The van der Waals surface area contributed by atoms with E-state index in [0.717, 1.165) is 24.5 Å². The number of thioether (sulfide) groups is 1. The molecule has 1 atom stereocenters. The second-order valence-electron chi connectivity index (χ2n) is 3.00. The first kappa shape index (κ1) is 14.2. The van der Waals surface area contributed by atoms with E-state index in [0.29, 0.717) is 13.2 Å². The van der Waals surface area contributed by atoms with Gasteiger partial charge in [-0.25, -0.2) is 0 Å². The number of rotatable bonds is 10. The molecule has 0 heterocycles. The molecule has 0 saturated heterocycles. The molecule has 1 unspecified atom stereocenters. The van der Waals surface area contributed by atoms with Crippen molar-refractivity contribution in [3.63, 3.8) is 0 Å². The lowest BCUT2D eigenvalue weighted by molar-refractivity contribution is 0.0650. The highest BCUT2D eigenvalue weighted by Gasteiger charge is 2.00. The average molecular weight is 223 g/mol. The van der Waals surface area contributed by atoms with Crippen molar-refractivity contribution >= 4 is 11.8 Å². The van der Waals surface area contributed by atoms with Crippen LogP contribution in [0.4, 0.5) is 0 Å². The summed E-state index contributed by atoms with van der Waals surface area (Å²) >= 11 is 1.81. The minimum Gasteiger partial charge on any atom is -0.396 e. The molecule has 0 aromatic carbocycles. The van der Waals surface area contributed by atoms with E-state index >= 15 is 0 Å². The summed E-state index contributed by atoms with van der Waals surface area (Å²) in [7, 11) is 1.58. The van der Waals surface area contributed by atoms with Crippen molar-refractivity contribution < 1.29 is 14.9 Å². The average Bonchev–Trinajstić information content (AvgIpc) is 2.17. The summed E-state index contributed by atoms with van der Waals surface area (Å²) in [4.78, 5) is 0. The van der Waals surface area contributed by atoms with Crippen molar-refractivity contribution in [3.05, 3.63) is 0 Å². The van der Waals surface area contributed by atoms with Gasteiger partial charge in [-0.1, -0.05) is 0 Å². The predicted octanol–water partition coefficient (Wildman–Crippen LogP) is -0.301. The van der Waals surface area contributed by atoms with Crippen LogP contribution in [0.1, 0.15) is 6.42 Å². The van der Waals surface area contributed by atoms with Gasteiger partial charge in [0.15, 0.2) is 0 Å². The van der Waals surface area contributed by atoms with Gasteiger partial charge in [0.25, 0.3) is 0 Å². The standard InChI is InChI=1S/C9H21NO3S/c1-13-8-9(12)7-10-3-6-14-5-2-4-11/h9-12H,2-8H2,1H3. The Kier molecular flexibility index (Phi) is 11.4. The predicted molar refractivity (Wildman–Crippen MR) is 59.8 cm³/mol. The zero-order valence-electron chi connectivity index (χ0n) is 8.74. The minimum absolute atomic E-state index is 0.271. The van der Waals surface area contributed by atoms with Gasteiger partial charge in [-0.2, -0.15) is 11.8 Å². The zero-order chi connectivity index (χ0) is 10.6. The molecule has 0 spiro atoms. The first-order valence-corrected chi connectivity index (χ1v) is 6.03. The van der Waals surface area contributed by atoms with Gasteiger partial charge in [0.1, 0.15) is 0 Å². The number of aliphatic hydroxyl groups is 2. The molecule has 0 rings (SSSR count). The quantitative estimate of drug-likeness (QED) is 0.444. The van der Waals surface area contributed by atoms with Gasteiger partial charge in [0, 0.05) is 32.6 Å². The minimum atomic E-state index is -0.414. The van der Waals surface area contributed by atoms with Crippen LogP contribution in [0.15, 0.2) is 0 Å². The molecule has 5 heteroatoms. The molecular weight excluding hydrogens is 202 g/mol. The monoisotopic (exact) mass is 223 g/mol. The Bertz CT molecular complexity index is 116. The van der Waals surface area contributed by atoms with E-state index in [-0.39, 0.29) is 6.61 Å². The van der Waals surface area contributed by atoms with Gasteiger partial charge >= 0.3 is 0 Å². The number of aliphatic hydroxyl groups excluding tert-OH is 2. The SMILES string of the molecule is COCC(O)CNCCSCCCO. The third-order valence-electron chi connectivity index (χ3n) is 1.61. The highest BCUT2D eigenvalue weighted by Crippen LogP contribution is 1.99. The molecule has 0 aromatic rings. The number of nitrogens with one attached hydrogen (secondary N) is 1. The molecule has 4 nitrogen and oxygen atoms in total. The molecule has 0 aliphatic rings. The zero-order valence-corrected chi connectivity index (χ0v) is 9.55. The second-order valence-corrected chi connectivity index (χ2v) is 4.23. The Hall–Kier alpha value is 0.190. The fourth-order valence-electron chi connectivity index (χ4n) is 0.933. The largest absolute Gasteiger partial charge is 0.396 e. The topological polar surface area (TPSA) is 61.7 Å². The lowest BCUT2D eigenvalue weighted by Crippen LogP contribution is -2.31. The first-order chi connectivity index (χ1) is 6.81. The van der Waals surface area contributed by atoms with E-state index in [4.69, 9.17) is 9.84 Å². The van der Waals surface area contributed by atoms with E-state index < -0.39 is 6.10 Å². The molecule has 0 aliphatic heterocycles. The Labute approximate surface area is 90.0 Å². The number of ether oxygens (including phenoxy) is 1. The molecule has 0 saturated carbocycles. The van der Waals surface area contributed by atoms with E-state index in [1.807, 2.05) is 11.8 Å². The van der Waals surface area contributed by atoms with E-state index in [1.165, 1.54) is 0 Å². The fourth-order valence-corrected chi connectivity index (χ4v) is 1.76. The summed E-state index contributed by atoms with van der Waals surface area (Å²) < 4.78 is 4.79. The van der Waals surface area contributed by atoms with Gasteiger partial charge in [-0.15, -0.1) is 0 Å². The van der Waals surface area contributed by atoms with Crippen molar-refractivity contribution in [2.45, 2.75) is 12.5 Å². The Balaban J connectivity index is 2.98. The molecule has 0 amide bonds. The summed E-state index contributed by atoms with van der Waals surface area (Å²) in [5, 5.41) is 20.9. The van der Waals surface area contributed by atoms with Gasteiger partial charge in [-0.3, -0.25) is 0 Å². The maximum Gasteiger partial charge on any atom is 0.0897 e. The molecule has 0 radical (unpaired) electrons. The van der Waals surface area contributed by atoms with Crippen LogP contribution in [0.3, 0.4) is 0 Å². The third-order valence-corrected chi connectivity index (χ3v) is 2.68. The summed E-state index contributed by atoms with van der Waals surface area (Å²) in [6.45, 7) is 2.11.